The number of hydrogen-bond acceptors (Lipinski definition) is 5. The normalized spacial score (nSPS) is 16.8. The molecular weight excluding hydrogens is 401 g/mol. The summed E-state index contributed by atoms with van der Waals surface area (Å²) >= 11 is 0. The molecule has 30 heavy (non-hydrogen) atoms. The maximum absolute atomic E-state index is 13.4. The van der Waals surface area contributed by atoms with Gasteiger partial charge in [0.15, 0.2) is 6.39 Å². The topological polar surface area (TPSA) is 92.3 Å². The highest BCUT2D eigenvalue weighted by Gasteiger charge is 2.39. The Hall–Kier alpha value is -3.63. The number of imidazole rings is 1. The van der Waals surface area contributed by atoms with Crippen LogP contribution in [0.25, 0.3) is 5.52 Å². The van der Waals surface area contributed by atoms with E-state index in [0.29, 0.717) is 24.4 Å². The van der Waals surface area contributed by atoms with Crippen LogP contribution in [0.1, 0.15) is 45.1 Å². The van der Waals surface area contributed by atoms with E-state index in [9.17, 15) is 18.0 Å². The van der Waals surface area contributed by atoms with Crippen LogP contribution in [0, 0.1) is 6.92 Å². The maximum Gasteiger partial charge on any atom is 0.433 e. The van der Waals surface area contributed by atoms with Gasteiger partial charge in [0.2, 0.25) is 5.76 Å². The molecule has 4 aromatic heterocycles. The van der Waals surface area contributed by atoms with E-state index in [4.69, 9.17) is 4.42 Å². The number of halogens is 3. The Kier molecular flexibility index (Phi) is 3.95. The first-order valence-electron chi connectivity index (χ1n) is 9.13. The van der Waals surface area contributed by atoms with Crippen LogP contribution in [-0.4, -0.2) is 41.9 Å². The second-order valence-electron chi connectivity index (χ2n) is 7.00. The van der Waals surface area contributed by atoms with Gasteiger partial charge in [-0.3, -0.25) is 4.79 Å². The van der Waals surface area contributed by atoms with Crippen LogP contribution in [0.3, 0.4) is 0 Å². The summed E-state index contributed by atoms with van der Waals surface area (Å²) in [5, 5.41) is 4.22. The van der Waals surface area contributed by atoms with Gasteiger partial charge < -0.3 is 14.3 Å². The van der Waals surface area contributed by atoms with Crippen molar-refractivity contribution in [2.75, 3.05) is 6.54 Å². The number of aromatic nitrogens is 5. The number of H-pyrrole nitrogens is 1. The van der Waals surface area contributed by atoms with E-state index in [1.54, 1.807) is 6.92 Å². The van der Waals surface area contributed by atoms with Crippen molar-refractivity contribution < 1.29 is 22.4 Å². The number of carbonyl (C=O) groups is 1. The van der Waals surface area contributed by atoms with Gasteiger partial charge in [0.05, 0.1) is 28.9 Å². The number of carbonyl (C=O) groups excluding carboxylic acids is 1. The zero-order chi connectivity index (χ0) is 21.0. The van der Waals surface area contributed by atoms with Crippen molar-refractivity contribution in [3.63, 3.8) is 0 Å². The zero-order valence-electron chi connectivity index (χ0n) is 15.6. The highest BCUT2D eigenvalue weighted by atomic mass is 19.4. The molecule has 0 aromatic carbocycles. The van der Waals surface area contributed by atoms with Crippen LogP contribution in [0.15, 0.2) is 41.4 Å². The lowest BCUT2D eigenvalue weighted by Crippen LogP contribution is -2.41. The minimum Gasteiger partial charge on any atom is -0.438 e. The molecule has 5 rings (SSSR count). The van der Waals surface area contributed by atoms with Crippen LogP contribution in [0.2, 0.25) is 0 Å². The number of nitrogens with one attached hydrogen (secondary N) is 1. The van der Waals surface area contributed by atoms with Gasteiger partial charge in [0.1, 0.15) is 11.7 Å². The van der Waals surface area contributed by atoms with E-state index >= 15 is 0 Å². The van der Waals surface area contributed by atoms with Crippen molar-refractivity contribution in [2.24, 2.45) is 0 Å². The third-order valence-electron chi connectivity index (χ3n) is 5.20. The molecule has 1 N–H and O–H groups in total. The highest BCUT2D eigenvalue weighted by Crippen LogP contribution is 2.36. The fourth-order valence-corrected chi connectivity index (χ4v) is 3.82. The van der Waals surface area contributed by atoms with Gasteiger partial charge >= 0.3 is 6.18 Å². The molecule has 1 aliphatic rings. The number of alkyl halides is 3. The molecule has 8 nitrogen and oxygen atoms in total. The van der Waals surface area contributed by atoms with Crippen LogP contribution in [-0.2, 0) is 12.6 Å². The molecule has 1 amide bonds. The minimum absolute atomic E-state index is 0.0822. The molecule has 5 heterocycles. The first-order chi connectivity index (χ1) is 14.3. The zero-order valence-corrected chi connectivity index (χ0v) is 15.6. The van der Waals surface area contributed by atoms with E-state index in [-0.39, 0.29) is 17.0 Å². The summed E-state index contributed by atoms with van der Waals surface area (Å²) in [6.45, 7) is 1.97. The number of oxazole rings is 1. The van der Waals surface area contributed by atoms with E-state index < -0.39 is 23.8 Å². The van der Waals surface area contributed by atoms with Crippen LogP contribution >= 0.6 is 0 Å². The molecule has 11 heteroatoms. The monoisotopic (exact) mass is 416 g/mol. The summed E-state index contributed by atoms with van der Waals surface area (Å²) in [6, 6.07) is 4.60. The Bertz CT molecular complexity index is 1250. The van der Waals surface area contributed by atoms with Crippen molar-refractivity contribution in [3.05, 3.63) is 71.2 Å². The average Bonchev–Trinajstić information content (AvgIpc) is 3.43. The summed E-state index contributed by atoms with van der Waals surface area (Å²) < 4.78 is 46.4. The van der Waals surface area contributed by atoms with E-state index in [1.807, 2.05) is 0 Å². The molecular formula is C19H15F3N6O2. The van der Waals surface area contributed by atoms with Crippen molar-refractivity contribution in [1.82, 2.24) is 29.5 Å². The molecule has 0 fully saturated rings. The van der Waals surface area contributed by atoms with Gasteiger partial charge in [-0.25, -0.2) is 14.5 Å². The number of nitrogens with zero attached hydrogens (tertiary/aromatic N) is 5. The quantitative estimate of drug-likeness (QED) is 0.542. The molecule has 0 aliphatic carbocycles. The Morgan fingerprint density at radius 2 is 2.13 bits per heavy atom. The summed E-state index contributed by atoms with van der Waals surface area (Å²) in [6.07, 6.45) is -1.37. The summed E-state index contributed by atoms with van der Waals surface area (Å²) in [5.41, 5.74) is 1.44. The lowest BCUT2D eigenvalue weighted by atomic mass is 9.99. The second-order valence-corrected chi connectivity index (χ2v) is 7.00. The molecule has 1 aliphatic heterocycles. The predicted molar refractivity (Wildman–Crippen MR) is 96.6 cm³/mol. The Morgan fingerprint density at radius 1 is 1.30 bits per heavy atom. The molecule has 0 radical (unpaired) electrons. The summed E-state index contributed by atoms with van der Waals surface area (Å²) in [5.74, 6) is -0.338. The van der Waals surface area contributed by atoms with Gasteiger partial charge in [-0.1, -0.05) is 6.07 Å². The Balaban J connectivity index is 1.66. The summed E-state index contributed by atoms with van der Waals surface area (Å²) in [7, 11) is 0. The molecule has 0 bridgehead atoms. The molecule has 1 atom stereocenters. The first kappa shape index (κ1) is 18.4. The van der Waals surface area contributed by atoms with E-state index in [0.717, 1.165) is 16.3 Å². The van der Waals surface area contributed by atoms with Crippen LogP contribution < -0.4 is 0 Å². The Morgan fingerprint density at radius 3 is 2.87 bits per heavy atom. The smallest absolute Gasteiger partial charge is 0.433 e. The molecule has 0 saturated carbocycles. The van der Waals surface area contributed by atoms with Gasteiger partial charge in [0.25, 0.3) is 5.91 Å². The second kappa shape index (κ2) is 6.44. The van der Waals surface area contributed by atoms with Crippen molar-refractivity contribution >= 4 is 11.4 Å². The fraction of sp³-hybridized carbons (Fsp3) is 0.263. The third kappa shape index (κ3) is 2.77. The first-order valence-corrected chi connectivity index (χ1v) is 9.13. The summed E-state index contributed by atoms with van der Waals surface area (Å²) in [4.78, 5) is 26.0. The van der Waals surface area contributed by atoms with Crippen molar-refractivity contribution in [1.29, 1.82) is 0 Å². The molecule has 0 spiro atoms. The van der Waals surface area contributed by atoms with Crippen molar-refractivity contribution in [3.8, 4) is 0 Å². The molecule has 0 saturated heterocycles. The maximum atomic E-state index is 13.4. The van der Waals surface area contributed by atoms with Gasteiger partial charge in [-0.15, -0.1) is 0 Å². The van der Waals surface area contributed by atoms with E-state index in [2.05, 4.69) is 20.1 Å². The number of aromatic amines is 1. The number of aryl methyl sites for hydroxylation is 1. The molecule has 4 aromatic rings. The molecule has 154 valence electrons. The van der Waals surface area contributed by atoms with Gasteiger partial charge in [-0.2, -0.15) is 18.3 Å². The molecule has 1 unspecified atom stereocenters. The highest BCUT2D eigenvalue weighted by molar-refractivity contribution is 5.93. The number of pyridine rings is 1. The van der Waals surface area contributed by atoms with Gasteiger partial charge in [0, 0.05) is 18.7 Å². The number of rotatable bonds is 2. The largest absolute Gasteiger partial charge is 0.438 e. The minimum atomic E-state index is -4.57. The van der Waals surface area contributed by atoms with Gasteiger partial charge in [-0.05, 0) is 25.1 Å². The fourth-order valence-electron chi connectivity index (χ4n) is 3.82. The average molecular weight is 416 g/mol. The van der Waals surface area contributed by atoms with Crippen LogP contribution in [0.4, 0.5) is 13.2 Å². The lowest BCUT2D eigenvalue weighted by Gasteiger charge is -2.33. The predicted octanol–water partition coefficient (Wildman–Crippen LogP) is 3.16. The van der Waals surface area contributed by atoms with Crippen LogP contribution in [0.5, 0.6) is 0 Å². The SMILES string of the molecule is Cc1ncoc1C(=O)N1CCc2[nH]cnc2C1c1cc2cccc(C(F)(F)F)n2n1. The number of hydrogen-bond donors (Lipinski definition) is 1. The number of fused-ring (bicyclic) bond motifs is 2. The standard InChI is InChI=1S/C19H15F3N6O2/c1-10-17(30-9-25-10)18(29)27-6-5-12-15(24-8-23-12)16(27)13-7-11-3-2-4-14(19(20,21)22)28(11)26-13/h2-4,7-9,16H,5-6H2,1H3,(H,23,24). The number of amides is 1. The lowest BCUT2D eigenvalue weighted by molar-refractivity contribution is -0.142. The third-order valence-corrected chi connectivity index (χ3v) is 5.20. The van der Waals surface area contributed by atoms with E-state index in [1.165, 1.54) is 35.8 Å². The Labute approximate surface area is 167 Å². The van der Waals surface area contributed by atoms with Crippen molar-refractivity contribution in [2.45, 2.75) is 25.6 Å².